The van der Waals surface area contributed by atoms with Crippen LogP contribution in [0.1, 0.15) is 62.5 Å². The Labute approximate surface area is 162 Å². The number of benzene rings is 1. The second-order valence-corrected chi connectivity index (χ2v) is 8.30. The number of hydrogen-bond acceptors (Lipinski definition) is 4. The summed E-state index contributed by atoms with van der Waals surface area (Å²) in [7, 11) is 0. The molecule has 2 aliphatic rings. The Balaban J connectivity index is 1.47. The molecule has 3 rings (SSSR count). The molecule has 0 radical (unpaired) electrons. The van der Waals surface area contributed by atoms with Crippen molar-refractivity contribution in [3.05, 3.63) is 35.4 Å². The van der Waals surface area contributed by atoms with Gasteiger partial charge in [-0.2, -0.15) is 0 Å². The van der Waals surface area contributed by atoms with Crippen molar-refractivity contribution >= 4 is 5.91 Å². The van der Waals surface area contributed by atoms with Gasteiger partial charge in [-0.1, -0.05) is 56.4 Å². The summed E-state index contributed by atoms with van der Waals surface area (Å²) >= 11 is 0. The first kappa shape index (κ1) is 20.3. The number of likely N-dealkylation sites (tertiary alicyclic amines) is 1. The molecule has 2 fully saturated rings. The van der Waals surface area contributed by atoms with Crippen LogP contribution in [0.4, 0.5) is 0 Å². The highest BCUT2D eigenvalue weighted by Gasteiger charge is 2.41. The van der Waals surface area contributed by atoms with E-state index in [1.165, 1.54) is 32.1 Å². The lowest BCUT2D eigenvalue weighted by atomic mass is 9.86. The molecular weight excluding hydrogens is 340 g/mol. The zero-order valence-corrected chi connectivity index (χ0v) is 16.3. The van der Waals surface area contributed by atoms with E-state index in [4.69, 9.17) is 5.11 Å². The molecular formula is C22H34N2O3. The van der Waals surface area contributed by atoms with Crippen molar-refractivity contribution in [2.45, 2.75) is 70.1 Å². The van der Waals surface area contributed by atoms with Gasteiger partial charge < -0.3 is 20.4 Å². The lowest BCUT2D eigenvalue weighted by molar-refractivity contribution is -0.156. The van der Waals surface area contributed by atoms with Crippen molar-refractivity contribution in [1.29, 1.82) is 0 Å². The van der Waals surface area contributed by atoms with Crippen LogP contribution in [0.15, 0.2) is 24.3 Å². The molecule has 1 aromatic carbocycles. The van der Waals surface area contributed by atoms with E-state index in [-0.39, 0.29) is 19.1 Å². The Hall–Kier alpha value is -1.43. The smallest absolute Gasteiger partial charge is 0.255 e. The van der Waals surface area contributed by atoms with E-state index in [1.54, 1.807) is 0 Å². The molecule has 0 spiro atoms. The first-order chi connectivity index (χ1) is 13.1. The van der Waals surface area contributed by atoms with E-state index in [1.807, 2.05) is 29.2 Å². The zero-order valence-electron chi connectivity index (χ0n) is 16.3. The Morgan fingerprint density at radius 2 is 1.78 bits per heavy atom. The molecule has 5 nitrogen and oxygen atoms in total. The minimum atomic E-state index is -1.28. The number of carbonyl (C=O) groups excluding carboxylic acids is 1. The first-order valence-corrected chi connectivity index (χ1v) is 10.5. The van der Waals surface area contributed by atoms with Gasteiger partial charge in [0.2, 0.25) is 0 Å². The van der Waals surface area contributed by atoms with Gasteiger partial charge in [-0.05, 0) is 36.3 Å². The van der Waals surface area contributed by atoms with Gasteiger partial charge in [0.15, 0.2) is 5.60 Å². The summed E-state index contributed by atoms with van der Waals surface area (Å²) in [6.07, 6.45) is 9.06. The Morgan fingerprint density at radius 3 is 2.48 bits per heavy atom. The van der Waals surface area contributed by atoms with Gasteiger partial charge >= 0.3 is 0 Å². The van der Waals surface area contributed by atoms with Crippen molar-refractivity contribution in [2.75, 3.05) is 19.6 Å². The van der Waals surface area contributed by atoms with E-state index in [0.29, 0.717) is 13.0 Å². The number of rotatable bonds is 8. The summed E-state index contributed by atoms with van der Waals surface area (Å²) in [5.74, 6) is 0.647. The number of amides is 1. The van der Waals surface area contributed by atoms with Crippen molar-refractivity contribution in [1.82, 2.24) is 10.2 Å². The lowest BCUT2D eigenvalue weighted by Gasteiger charge is -2.39. The van der Waals surface area contributed by atoms with Crippen LogP contribution in [0.2, 0.25) is 0 Å². The summed E-state index contributed by atoms with van der Waals surface area (Å²) in [5, 5.41) is 23.3. The van der Waals surface area contributed by atoms with Gasteiger partial charge in [0.25, 0.3) is 5.91 Å². The van der Waals surface area contributed by atoms with E-state index >= 15 is 0 Å². The van der Waals surface area contributed by atoms with Crippen LogP contribution < -0.4 is 5.32 Å². The summed E-state index contributed by atoms with van der Waals surface area (Å²) in [4.78, 5) is 14.7. The third kappa shape index (κ3) is 5.53. The second kappa shape index (κ2) is 9.67. The Bertz CT molecular complexity index is 598. The van der Waals surface area contributed by atoms with E-state index in [2.05, 4.69) is 5.32 Å². The predicted molar refractivity (Wildman–Crippen MR) is 106 cm³/mol. The number of aliphatic hydroxyl groups excluding tert-OH is 1. The van der Waals surface area contributed by atoms with Crippen LogP contribution in [-0.4, -0.2) is 46.3 Å². The molecule has 27 heavy (non-hydrogen) atoms. The third-order valence-electron chi connectivity index (χ3n) is 6.19. The lowest BCUT2D eigenvalue weighted by Crippen LogP contribution is -2.58. The maximum atomic E-state index is 12.9. The highest BCUT2D eigenvalue weighted by molar-refractivity contribution is 5.86. The molecule has 1 aliphatic carbocycles. The van der Waals surface area contributed by atoms with Crippen LogP contribution in [0, 0.1) is 5.92 Å². The molecule has 0 aromatic heterocycles. The molecule has 5 heteroatoms. The summed E-state index contributed by atoms with van der Waals surface area (Å²) in [6, 6.07) is 7.71. The van der Waals surface area contributed by atoms with Crippen LogP contribution in [0.5, 0.6) is 0 Å². The van der Waals surface area contributed by atoms with Crippen LogP contribution >= 0.6 is 0 Å². The topological polar surface area (TPSA) is 72.8 Å². The molecule has 1 heterocycles. The van der Waals surface area contributed by atoms with Crippen molar-refractivity contribution in [2.24, 2.45) is 5.92 Å². The molecule has 0 unspecified atom stereocenters. The maximum absolute atomic E-state index is 12.9. The van der Waals surface area contributed by atoms with Crippen LogP contribution in [0.3, 0.4) is 0 Å². The fourth-order valence-corrected chi connectivity index (χ4v) is 4.43. The quantitative estimate of drug-likeness (QED) is 0.654. The summed E-state index contributed by atoms with van der Waals surface area (Å²) in [6.45, 7) is 2.49. The molecule has 1 aliphatic heterocycles. The van der Waals surface area contributed by atoms with Crippen LogP contribution in [0.25, 0.3) is 0 Å². The van der Waals surface area contributed by atoms with Gasteiger partial charge in [0.05, 0.1) is 6.61 Å². The second-order valence-electron chi connectivity index (χ2n) is 8.30. The number of nitrogens with zero attached hydrogens (tertiary/aromatic N) is 1. The molecule has 1 saturated carbocycles. The van der Waals surface area contributed by atoms with E-state index in [9.17, 15) is 9.90 Å². The molecule has 1 saturated heterocycles. The molecule has 1 amide bonds. The summed E-state index contributed by atoms with van der Waals surface area (Å²) < 4.78 is 0. The number of aliphatic hydroxyl groups is 2. The maximum Gasteiger partial charge on any atom is 0.255 e. The Kier molecular flexibility index (Phi) is 7.27. The van der Waals surface area contributed by atoms with E-state index < -0.39 is 5.60 Å². The number of nitrogens with one attached hydrogen (secondary N) is 1. The fourth-order valence-electron chi connectivity index (χ4n) is 4.43. The van der Waals surface area contributed by atoms with E-state index in [0.717, 1.165) is 43.0 Å². The standard InChI is InChI=1S/C22H34N2O3/c25-16-20-9-7-19(8-10-20)15-23-17-22(27)12-4-13-24(21(22)26)14-11-18-5-2-1-3-6-18/h7-10,18,23,25,27H,1-6,11-17H2/t22-/m0/s1. The largest absolute Gasteiger partial charge is 0.392 e. The predicted octanol–water partition coefficient (Wildman–Crippen LogP) is 2.59. The Morgan fingerprint density at radius 1 is 1.07 bits per heavy atom. The molecule has 1 atom stereocenters. The molecule has 0 bridgehead atoms. The monoisotopic (exact) mass is 374 g/mol. The van der Waals surface area contributed by atoms with Gasteiger partial charge in [-0.3, -0.25) is 4.79 Å². The minimum Gasteiger partial charge on any atom is -0.392 e. The highest BCUT2D eigenvalue weighted by atomic mass is 16.3. The highest BCUT2D eigenvalue weighted by Crippen LogP contribution is 2.28. The minimum absolute atomic E-state index is 0.0403. The van der Waals surface area contributed by atoms with Gasteiger partial charge in [0, 0.05) is 26.2 Å². The normalized spacial score (nSPS) is 24.4. The number of hydrogen-bond donors (Lipinski definition) is 3. The average molecular weight is 375 g/mol. The van der Waals surface area contributed by atoms with Crippen LogP contribution in [-0.2, 0) is 17.9 Å². The molecule has 3 N–H and O–H groups in total. The number of carbonyl (C=O) groups is 1. The SMILES string of the molecule is O=C1N(CCC2CCCCC2)CCC[C@]1(O)CNCc1ccc(CO)cc1. The fraction of sp³-hybridized carbons (Fsp3) is 0.682. The average Bonchev–Trinajstić information content (AvgIpc) is 2.70. The third-order valence-corrected chi connectivity index (χ3v) is 6.19. The van der Waals surface area contributed by atoms with Crippen molar-refractivity contribution < 1.29 is 15.0 Å². The zero-order chi connectivity index (χ0) is 19.1. The van der Waals surface area contributed by atoms with Gasteiger partial charge in [-0.15, -0.1) is 0 Å². The molecule has 150 valence electrons. The van der Waals surface area contributed by atoms with Crippen molar-refractivity contribution in [3.63, 3.8) is 0 Å². The first-order valence-electron chi connectivity index (χ1n) is 10.5. The number of piperidine rings is 1. The summed E-state index contributed by atoms with van der Waals surface area (Å²) in [5.41, 5.74) is 0.678. The van der Waals surface area contributed by atoms with Gasteiger partial charge in [0.1, 0.15) is 0 Å². The van der Waals surface area contributed by atoms with Crippen molar-refractivity contribution in [3.8, 4) is 0 Å². The van der Waals surface area contributed by atoms with Gasteiger partial charge in [-0.25, -0.2) is 0 Å². The molecule has 1 aromatic rings.